The topological polar surface area (TPSA) is 113 Å². The van der Waals surface area contributed by atoms with Gasteiger partial charge < -0.3 is 20.3 Å². The molecule has 1 amide bonds. The lowest BCUT2D eigenvalue weighted by atomic mass is 9.97. The SMILES string of the molecule is CC(C)COC(=O)C(=O)NC(Cc1ccc(-c2ccc(Cl)cc2)c(Cl)c1)CC(O)C(=O)O. The van der Waals surface area contributed by atoms with Crippen molar-refractivity contribution in [2.45, 2.75) is 38.8 Å². The van der Waals surface area contributed by atoms with Crippen LogP contribution >= 0.6 is 23.2 Å². The zero-order chi connectivity index (χ0) is 23.8. The maximum atomic E-state index is 12.2. The number of carbonyl (C=O) groups is 3. The van der Waals surface area contributed by atoms with Crippen molar-refractivity contribution in [3.8, 4) is 11.1 Å². The van der Waals surface area contributed by atoms with E-state index in [2.05, 4.69) is 5.32 Å². The van der Waals surface area contributed by atoms with Crippen LogP contribution in [0.25, 0.3) is 11.1 Å². The van der Waals surface area contributed by atoms with E-state index in [1.165, 1.54) is 0 Å². The second-order valence-corrected chi connectivity index (χ2v) is 8.62. The Morgan fingerprint density at radius 3 is 2.28 bits per heavy atom. The van der Waals surface area contributed by atoms with Gasteiger partial charge in [-0.15, -0.1) is 0 Å². The first kappa shape index (κ1) is 25.6. The van der Waals surface area contributed by atoms with E-state index in [9.17, 15) is 19.5 Å². The summed E-state index contributed by atoms with van der Waals surface area (Å²) in [6.45, 7) is 3.74. The van der Waals surface area contributed by atoms with Crippen LogP contribution in [0.2, 0.25) is 10.0 Å². The molecule has 172 valence electrons. The lowest BCUT2D eigenvalue weighted by molar-refractivity contribution is -0.156. The number of carbonyl (C=O) groups excluding carboxylic acids is 2. The first-order valence-electron chi connectivity index (χ1n) is 9.99. The van der Waals surface area contributed by atoms with Crippen molar-refractivity contribution in [1.82, 2.24) is 5.32 Å². The van der Waals surface area contributed by atoms with E-state index in [1.54, 1.807) is 30.3 Å². The summed E-state index contributed by atoms with van der Waals surface area (Å²) in [6.07, 6.45) is -1.86. The van der Waals surface area contributed by atoms with Crippen molar-refractivity contribution in [2.24, 2.45) is 5.92 Å². The molecule has 0 spiro atoms. The molecular formula is C23H25Cl2NO6. The fourth-order valence-corrected chi connectivity index (χ4v) is 3.39. The number of hydrogen-bond acceptors (Lipinski definition) is 5. The molecule has 7 nitrogen and oxygen atoms in total. The Morgan fingerprint density at radius 1 is 1.06 bits per heavy atom. The van der Waals surface area contributed by atoms with Crippen molar-refractivity contribution >= 4 is 41.0 Å². The summed E-state index contributed by atoms with van der Waals surface area (Å²) >= 11 is 12.4. The minimum atomic E-state index is -1.71. The summed E-state index contributed by atoms with van der Waals surface area (Å²) in [5.74, 6) is -3.44. The highest BCUT2D eigenvalue weighted by Gasteiger charge is 2.25. The predicted octanol–water partition coefficient (Wildman–Crippen LogP) is 3.72. The van der Waals surface area contributed by atoms with Gasteiger partial charge in [-0.25, -0.2) is 9.59 Å². The molecule has 0 aliphatic rings. The molecule has 0 aliphatic carbocycles. The van der Waals surface area contributed by atoms with Gasteiger partial charge >= 0.3 is 17.8 Å². The fraction of sp³-hybridized carbons (Fsp3) is 0.348. The highest BCUT2D eigenvalue weighted by atomic mass is 35.5. The molecular weight excluding hydrogens is 457 g/mol. The highest BCUT2D eigenvalue weighted by molar-refractivity contribution is 6.33. The van der Waals surface area contributed by atoms with Gasteiger partial charge in [-0.3, -0.25) is 4.79 Å². The number of carboxylic acids is 1. The Bertz CT molecular complexity index is 961. The van der Waals surface area contributed by atoms with Gasteiger partial charge in [0.2, 0.25) is 0 Å². The molecule has 2 aromatic carbocycles. The van der Waals surface area contributed by atoms with E-state index >= 15 is 0 Å². The van der Waals surface area contributed by atoms with Crippen LogP contribution < -0.4 is 5.32 Å². The lowest BCUT2D eigenvalue weighted by Gasteiger charge is -2.20. The molecule has 2 aromatic rings. The van der Waals surface area contributed by atoms with Gasteiger partial charge in [-0.2, -0.15) is 0 Å². The van der Waals surface area contributed by atoms with Crippen LogP contribution in [0.5, 0.6) is 0 Å². The number of rotatable bonds is 9. The first-order valence-corrected chi connectivity index (χ1v) is 10.7. The standard InChI is InChI=1S/C23H25Cl2NO6/c1-13(2)12-32-23(31)21(28)26-17(11-20(27)22(29)30)9-14-3-8-18(19(25)10-14)15-4-6-16(24)7-5-15/h3-8,10,13,17,20,27H,9,11-12H2,1-2H3,(H,26,28)(H,29,30). The number of amides is 1. The Hall–Kier alpha value is -2.61. The first-order chi connectivity index (χ1) is 15.1. The largest absolute Gasteiger partial charge is 0.479 e. The maximum absolute atomic E-state index is 12.2. The molecule has 0 fully saturated rings. The Labute approximate surface area is 196 Å². The van der Waals surface area contributed by atoms with Crippen molar-refractivity contribution in [2.75, 3.05) is 6.61 Å². The summed E-state index contributed by atoms with van der Waals surface area (Å²) in [4.78, 5) is 35.2. The number of aliphatic hydroxyl groups is 1. The fourth-order valence-electron chi connectivity index (χ4n) is 2.95. The Kier molecular flexibility index (Phi) is 9.50. The van der Waals surface area contributed by atoms with E-state index in [0.29, 0.717) is 15.6 Å². The lowest BCUT2D eigenvalue weighted by Crippen LogP contribution is -2.44. The predicted molar refractivity (Wildman–Crippen MR) is 122 cm³/mol. The number of benzene rings is 2. The third kappa shape index (κ3) is 7.82. The van der Waals surface area contributed by atoms with Gasteiger partial charge in [0.15, 0.2) is 6.10 Å². The number of nitrogens with one attached hydrogen (secondary N) is 1. The Morgan fingerprint density at radius 2 is 1.72 bits per heavy atom. The van der Waals surface area contributed by atoms with Crippen molar-refractivity contribution < 1.29 is 29.3 Å². The van der Waals surface area contributed by atoms with Crippen molar-refractivity contribution in [3.63, 3.8) is 0 Å². The maximum Gasteiger partial charge on any atom is 0.396 e. The van der Waals surface area contributed by atoms with Crippen molar-refractivity contribution in [3.05, 3.63) is 58.1 Å². The molecule has 0 saturated carbocycles. The number of hydrogen-bond donors (Lipinski definition) is 3. The molecule has 0 radical (unpaired) electrons. The number of ether oxygens (including phenoxy) is 1. The van der Waals surface area contributed by atoms with Crippen LogP contribution in [0.3, 0.4) is 0 Å². The summed E-state index contributed by atoms with van der Waals surface area (Å²) in [6, 6.07) is 11.6. The number of halogens is 2. The zero-order valence-corrected chi connectivity index (χ0v) is 19.2. The molecule has 0 aliphatic heterocycles. The van der Waals surface area contributed by atoms with Crippen LogP contribution in [0.15, 0.2) is 42.5 Å². The quantitative estimate of drug-likeness (QED) is 0.371. The molecule has 0 saturated heterocycles. The molecule has 0 bridgehead atoms. The molecule has 2 rings (SSSR count). The summed E-state index contributed by atoms with van der Waals surface area (Å²) in [5.41, 5.74) is 2.33. The minimum Gasteiger partial charge on any atom is -0.479 e. The smallest absolute Gasteiger partial charge is 0.396 e. The van der Waals surface area contributed by atoms with Gasteiger partial charge in [-0.1, -0.05) is 61.3 Å². The monoisotopic (exact) mass is 481 g/mol. The van der Waals surface area contributed by atoms with Crippen LogP contribution in [0.1, 0.15) is 25.8 Å². The molecule has 0 aromatic heterocycles. The second kappa shape index (κ2) is 11.9. The van der Waals surface area contributed by atoms with E-state index in [-0.39, 0.29) is 25.4 Å². The van der Waals surface area contributed by atoms with Crippen molar-refractivity contribution in [1.29, 1.82) is 0 Å². The van der Waals surface area contributed by atoms with Crippen LogP contribution in [0, 0.1) is 5.92 Å². The third-order valence-corrected chi connectivity index (χ3v) is 5.10. The minimum absolute atomic E-state index is 0.0534. The molecule has 2 unspecified atom stereocenters. The summed E-state index contributed by atoms with van der Waals surface area (Å²) in [7, 11) is 0. The molecule has 0 heterocycles. The second-order valence-electron chi connectivity index (χ2n) is 7.78. The van der Waals surface area contributed by atoms with Gasteiger partial charge in [0.1, 0.15) is 0 Å². The highest BCUT2D eigenvalue weighted by Crippen LogP contribution is 2.30. The van der Waals surface area contributed by atoms with E-state index in [1.807, 2.05) is 26.0 Å². The average Bonchev–Trinajstić information content (AvgIpc) is 2.72. The Balaban J connectivity index is 2.16. The number of aliphatic hydroxyl groups excluding tert-OH is 1. The van der Waals surface area contributed by atoms with Gasteiger partial charge in [0, 0.05) is 28.1 Å². The zero-order valence-electron chi connectivity index (χ0n) is 17.7. The van der Waals surface area contributed by atoms with Crippen LogP contribution in [0.4, 0.5) is 0 Å². The van der Waals surface area contributed by atoms with Gasteiger partial charge in [0.05, 0.1) is 6.61 Å². The van der Waals surface area contributed by atoms with Gasteiger partial charge in [-0.05, 0) is 41.7 Å². The van der Waals surface area contributed by atoms with E-state index in [4.69, 9.17) is 33.0 Å². The molecule has 32 heavy (non-hydrogen) atoms. The van der Waals surface area contributed by atoms with Crippen LogP contribution in [-0.2, 0) is 25.5 Å². The van der Waals surface area contributed by atoms with E-state index in [0.717, 1.165) is 11.1 Å². The molecule has 2 atom stereocenters. The number of aliphatic carboxylic acids is 1. The summed E-state index contributed by atoms with van der Waals surface area (Å²) < 4.78 is 4.90. The number of esters is 1. The normalized spacial score (nSPS) is 12.8. The third-order valence-electron chi connectivity index (χ3n) is 4.53. The molecule has 3 N–H and O–H groups in total. The number of carboxylic acid groups (broad SMARTS) is 1. The average molecular weight is 482 g/mol. The van der Waals surface area contributed by atoms with Crippen LogP contribution in [-0.4, -0.2) is 46.8 Å². The summed E-state index contributed by atoms with van der Waals surface area (Å²) in [5, 5.41) is 22.3. The van der Waals surface area contributed by atoms with E-state index < -0.39 is 30.0 Å². The van der Waals surface area contributed by atoms with Gasteiger partial charge in [0.25, 0.3) is 0 Å². The molecule has 9 heteroatoms.